The van der Waals surface area contributed by atoms with E-state index in [0.29, 0.717) is 11.5 Å². The lowest BCUT2D eigenvalue weighted by Gasteiger charge is -2.33. The largest absolute Gasteiger partial charge is 0.497 e. The van der Waals surface area contributed by atoms with E-state index in [9.17, 15) is 4.79 Å². The highest BCUT2D eigenvalue weighted by atomic mass is 32.1. The van der Waals surface area contributed by atoms with Gasteiger partial charge in [0.15, 0.2) is 0 Å². The predicted molar refractivity (Wildman–Crippen MR) is 140 cm³/mol. The molecular weight excluding hydrogens is 444 g/mol. The summed E-state index contributed by atoms with van der Waals surface area (Å²) in [5.74, 6) is 2.04. The molecule has 0 aliphatic heterocycles. The van der Waals surface area contributed by atoms with E-state index in [2.05, 4.69) is 26.1 Å². The van der Waals surface area contributed by atoms with Crippen LogP contribution < -0.4 is 14.8 Å². The lowest BCUT2D eigenvalue weighted by Crippen LogP contribution is -2.27. The SMILES string of the molecule is COc1ccc(C=Nc2sc3c(c2C(=O)Nc2ccc(OC)cc2)CCC(C(C)(C)C)C3)cc1. The fourth-order valence-electron chi connectivity index (χ4n) is 4.33. The third-order valence-corrected chi connectivity index (χ3v) is 7.66. The summed E-state index contributed by atoms with van der Waals surface area (Å²) >= 11 is 1.65. The summed E-state index contributed by atoms with van der Waals surface area (Å²) in [5, 5.41) is 3.83. The Balaban J connectivity index is 1.66. The Morgan fingerprint density at radius 3 is 2.24 bits per heavy atom. The molecule has 178 valence electrons. The first-order chi connectivity index (χ1) is 16.3. The molecule has 34 heavy (non-hydrogen) atoms. The number of nitrogens with zero attached hydrogens (tertiary/aromatic N) is 1. The molecule has 1 heterocycles. The molecule has 1 aromatic heterocycles. The van der Waals surface area contributed by atoms with Gasteiger partial charge in [-0.05, 0) is 90.3 Å². The zero-order valence-electron chi connectivity index (χ0n) is 20.5. The van der Waals surface area contributed by atoms with Crippen molar-refractivity contribution in [1.82, 2.24) is 0 Å². The number of benzene rings is 2. The topological polar surface area (TPSA) is 59.9 Å². The van der Waals surface area contributed by atoms with Crippen LogP contribution in [0.3, 0.4) is 0 Å². The number of anilines is 1. The van der Waals surface area contributed by atoms with Crippen LogP contribution in [0.15, 0.2) is 53.5 Å². The van der Waals surface area contributed by atoms with Gasteiger partial charge in [-0.3, -0.25) is 4.79 Å². The summed E-state index contributed by atoms with van der Waals surface area (Å²) in [7, 11) is 3.28. The summed E-state index contributed by atoms with van der Waals surface area (Å²) < 4.78 is 10.5. The van der Waals surface area contributed by atoms with Gasteiger partial charge in [-0.25, -0.2) is 4.99 Å². The van der Waals surface area contributed by atoms with E-state index in [1.165, 1.54) is 4.88 Å². The first-order valence-electron chi connectivity index (χ1n) is 11.6. The van der Waals surface area contributed by atoms with E-state index < -0.39 is 0 Å². The fraction of sp³-hybridized carbons (Fsp3) is 0.357. The molecule has 1 aliphatic rings. The third kappa shape index (κ3) is 5.33. The number of nitrogens with one attached hydrogen (secondary N) is 1. The number of carbonyl (C=O) groups is 1. The normalized spacial score (nSPS) is 15.7. The summed E-state index contributed by atoms with van der Waals surface area (Å²) in [6.07, 6.45) is 4.79. The van der Waals surface area contributed by atoms with E-state index in [0.717, 1.165) is 52.6 Å². The van der Waals surface area contributed by atoms with Crippen molar-refractivity contribution in [3.8, 4) is 11.5 Å². The highest BCUT2D eigenvalue weighted by molar-refractivity contribution is 7.16. The van der Waals surface area contributed by atoms with Gasteiger partial charge in [0.25, 0.3) is 5.91 Å². The Labute approximate surface area is 205 Å². The van der Waals surface area contributed by atoms with Gasteiger partial charge in [-0.1, -0.05) is 20.8 Å². The molecule has 0 spiro atoms. The standard InChI is InChI=1S/C28H32N2O3S/c1-28(2,3)19-8-15-23-24(16-19)34-27(29-17-18-6-11-21(32-4)12-7-18)25(23)26(31)30-20-9-13-22(33-5)14-10-20/h6-7,9-14,17,19H,8,15-16H2,1-5H3,(H,30,31). The Hall–Kier alpha value is -3.12. The van der Waals surface area contributed by atoms with Crippen LogP contribution in [-0.2, 0) is 12.8 Å². The van der Waals surface area contributed by atoms with Crippen LogP contribution in [0.2, 0.25) is 0 Å². The Kier molecular flexibility index (Phi) is 7.08. The molecule has 2 aromatic carbocycles. The summed E-state index contributed by atoms with van der Waals surface area (Å²) in [4.78, 5) is 19.5. The molecule has 6 heteroatoms. The average molecular weight is 477 g/mol. The second kappa shape index (κ2) is 10.0. The molecule has 0 fully saturated rings. The molecule has 5 nitrogen and oxygen atoms in total. The second-order valence-electron chi connectivity index (χ2n) is 9.70. The zero-order valence-corrected chi connectivity index (χ0v) is 21.3. The molecule has 0 bridgehead atoms. The molecule has 1 atom stereocenters. The van der Waals surface area contributed by atoms with E-state index >= 15 is 0 Å². The minimum absolute atomic E-state index is 0.112. The van der Waals surface area contributed by atoms with E-state index in [-0.39, 0.29) is 11.3 Å². The van der Waals surface area contributed by atoms with Crippen molar-refractivity contribution in [1.29, 1.82) is 0 Å². The molecule has 4 rings (SSSR count). The van der Waals surface area contributed by atoms with Crippen molar-refractivity contribution in [2.24, 2.45) is 16.3 Å². The van der Waals surface area contributed by atoms with Crippen LogP contribution in [-0.4, -0.2) is 26.3 Å². The third-order valence-electron chi connectivity index (χ3n) is 6.49. The van der Waals surface area contributed by atoms with Crippen LogP contribution in [0.5, 0.6) is 11.5 Å². The van der Waals surface area contributed by atoms with Crippen molar-refractivity contribution in [2.45, 2.75) is 40.0 Å². The maximum atomic E-state index is 13.5. The van der Waals surface area contributed by atoms with E-state index in [4.69, 9.17) is 14.5 Å². The van der Waals surface area contributed by atoms with Gasteiger partial charge >= 0.3 is 0 Å². The van der Waals surface area contributed by atoms with Crippen molar-refractivity contribution in [2.75, 3.05) is 19.5 Å². The van der Waals surface area contributed by atoms with Crippen LogP contribution >= 0.6 is 11.3 Å². The van der Waals surface area contributed by atoms with Gasteiger partial charge in [-0.2, -0.15) is 0 Å². The lowest BCUT2D eigenvalue weighted by molar-refractivity contribution is 0.102. The summed E-state index contributed by atoms with van der Waals surface area (Å²) in [5.41, 5.74) is 3.78. The summed E-state index contributed by atoms with van der Waals surface area (Å²) in [6.45, 7) is 6.91. The molecule has 3 aromatic rings. The molecule has 1 amide bonds. The summed E-state index contributed by atoms with van der Waals surface area (Å²) in [6, 6.07) is 15.1. The van der Waals surface area contributed by atoms with Gasteiger partial charge in [0.2, 0.25) is 0 Å². The number of fused-ring (bicyclic) bond motifs is 1. The number of thiophene rings is 1. The highest BCUT2D eigenvalue weighted by Crippen LogP contribution is 2.45. The van der Waals surface area contributed by atoms with Crippen LogP contribution in [0.25, 0.3) is 0 Å². The van der Waals surface area contributed by atoms with Gasteiger partial charge in [0.1, 0.15) is 16.5 Å². The Morgan fingerprint density at radius 2 is 1.65 bits per heavy atom. The zero-order chi connectivity index (χ0) is 24.3. The van der Waals surface area contributed by atoms with E-state index in [1.54, 1.807) is 25.6 Å². The molecule has 1 aliphatic carbocycles. The monoisotopic (exact) mass is 476 g/mol. The number of hydrogen-bond donors (Lipinski definition) is 1. The number of amides is 1. The van der Waals surface area contributed by atoms with Crippen molar-refractivity contribution in [3.05, 3.63) is 70.1 Å². The Morgan fingerprint density at radius 1 is 1.03 bits per heavy atom. The van der Waals surface area contributed by atoms with Gasteiger partial charge in [-0.15, -0.1) is 11.3 Å². The van der Waals surface area contributed by atoms with Crippen molar-refractivity contribution >= 4 is 34.1 Å². The molecule has 0 saturated carbocycles. The van der Waals surface area contributed by atoms with Crippen LogP contribution in [0.4, 0.5) is 10.7 Å². The minimum atomic E-state index is -0.112. The quantitative estimate of drug-likeness (QED) is 0.393. The highest BCUT2D eigenvalue weighted by Gasteiger charge is 2.33. The first kappa shape index (κ1) is 24.0. The Bertz CT molecular complexity index is 1170. The minimum Gasteiger partial charge on any atom is -0.497 e. The molecule has 1 N–H and O–H groups in total. The number of ether oxygens (including phenoxy) is 2. The molecule has 0 radical (unpaired) electrons. The number of rotatable bonds is 6. The fourth-order valence-corrected chi connectivity index (χ4v) is 5.60. The maximum Gasteiger partial charge on any atom is 0.259 e. The second-order valence-corrected chi connectivity index (χ2v) is 10.8. The average Bonchev–Trinajstić information content (AvgIpc) is 3.21. The van der Waals surface area contributed by atoms with E-state index in [1.807, 2.05) is 54.7 Å². The molecule has 1 unspecified atom stereocenters. The lowest BCUT2D eigenvalue weighted by atomic mass is 9.72. The molecule has 0 saturated heterocycles. The predicted octanol–water partition coefficient (Wildman–Crippen LogP) is 6.92. The number of hydrogen-bond acceptors (Lipinski definition) is 5. The van der Waals surface area contributed by atoms with Gasteiger partial charge in [0.05, 0.1) is 19.8 Å². The smallest absolute Gasteiger partial charge is 0.259 e. The van der Waals surface area contributed by atoms with Gasteiger partial charge < -0.3 is 14.8 Å². The van der Waals surface area contributed by atoms with Crippen LogP contribution in [0, 0.1) is 11.3 Å². The number of methoxy groups -OCH3 is 2. The maximum absolute atomic E-state index is 13.5. The van der Waals surface area contributed by atoms with Crippen LogP contribution in [0.1, 0.15) is 53.6 Å². The van der Waals surface area contributed by atoms with Crippen molar-refractivity contribution in [3.63, 3.8) is 0 Å². The van der Waals surface area contributed by atoms with Crippen molar-refractivity contribution < 1.29 is 14.3 Å². The van der Waals surface area contributed by atoms with Gasteiger partial charge in [0, 0.05) is 16.8 Å². The number of aliphatic imine (C=N–C) groups is 1. The number of carbonyl (C=O) groups excluding carboxylic acids is 1. The molecular formula is C28H32N2O3S. The first-order valence-corrected chi connectivity index (χ1v) is 12.4.